The van der Waals surface area contributed by atoms with E-state index in [1.165, 1.54) is 10.9 Å². The number of aliphatic hydroxyl groups excluding tert-OH is 1. The van der Waals surface area contributed by atoms with Crippen LogP contribution in [-0.2, 0) is 15.1 Å². The Morgan fingerprint density at radius 3 is 2.27 bits per heavy atom. The minimum Gasteiger partial charge on any atom is -0.497 e. The molecule has 0 spiro atoms. The zero-order chi connectivity index (χ0) is 27.7. The van der Waals surface area contributed by atoms with Crippen molar-refractivity contribution in [2.24, 2.45) is 5.92 Å². The number of hydrogen-bond donors (Lipinski definition) is 3. The van der Waals surface area contributed by atoms with Crippen LogP contribution in [0.25, 0.3) is 11.2 Å². The number of nitrogens with two attached hydrogens (primary N) is 1. The molecular weight excluding hydrogens is 510 g/mol. The summed E-state index contributed by atoms with van der Waals surface area (Å²) < 4.78 is 19.9. The molecule has 10 nitrogen and oxygen atoms in total. The number of aromatic nitrogens is 4. The van der Waals surface area contributed by atoms with Crippen molar-refractivity contribution in [2.75, 3.05) is 26.1 Å². The predicted octanol–water partition coefficient (Wildman–Crippen LogP) is 3.23. The van der Waals surface area contributed by atoms with Gasteiger partial charge in [-0.05, 0) is 28.8 Å². The van der Waals surface area contributed by atoms with E-state index >= 15 is 0 Å². The van der Waals surface area contributed by atoms with Crippen molar-refractivity contribution in [1.29, 1.82) is 0 Å². The van der Waals surface area contributed by atoms with Crippen LogP contribution in [0.1, 0.15) is 22.9 Å². The van der Waals surface area contributed by atoms with E-state index in [0.717, 1.165) is 22.4 Å². The summed E-state index contributed by atoms with van der Waals surface area (Å²) in [6, 6.07) is 27.8. The number of fused-ring (bicyclic) bond motifs is 1. The number of ether oxygens (including phenoxy) is 3. The van der Waals surface area contributed by atoms with Crippen LogP contribution in [0, 0.1) is 5.92 Å². The molecule has 204 valence electrons. The first-order valence-corrected chi connectivity index (χ1v) is 12.9. The minimum absolute atomic E-state index is 0.0402. The number of H-pyrrole nitrogens is 1. The van der Waals surface area contributed by atoms with Gasteiger partial charge in [-0.1, -0.05) is 72.8 Å². The van der Waals surface area contributed by atoms with Crippen LogP contribution in [0.5, 0.6) is 5.75 Å². The van der Waals surface area contributed by atoms with Crippen LogP contribution in [-0.4, -0.2) is 51.1 Å². The Bertz CT molecular complexity index is 1610. The monoisotopic (exact) mass is 539 g/mol. The largest absolute Gasteiger partial charge is 0.497 e. The number of anilines is 1. The lowest BCUT2D eigenvalue weighted by molar-refractivity contribution is -0.0364. The number of imidazole rings is 1. The quantitative estimate of drug-likeness (QED) is 0.256. The standard InChI is InChI=1S/C30H29N5O5/c1-38-23-14-12-22(13-15-23)30(20-8-4-2-5-9-20,21-10-6-3-7-11-21)40-17-19-16-39-28(25(19)36)35-18-32-24-26(35)33-29(31)34-27(24)37/h2-15,18-19,25,28,36H,16-17H2,1H3,(H3,31,33,34,37)/t19-,25-,28-/m1/s1. The highest BCUT2D eigenvalue weighted by molar-refractivity contribution is 5.70. The molecule has 4 N–H and O–H groups in total. The number of nitrogen functional groups attached to an aromatic ring is 1. The molecule has 0 bridgehead atoms. The van der Waals surface area contributed by atoms with E-state index in [0.29, 0.717) is 0 Å². The van der Waals surface area contributed by atoms with E-state index in [4.69, 9.17) is 19.9 Å². The molecule has 6 rings (SSSR count). The Kier molecular flexibility index (Phi) is 6.81. The molecule has 3 atom stereocenters. The van der Waals surface area contributed by atoms with Gasteiger partial charge >= 0.3 is 0 Å². The van der Waals surface area contributed by atoms with E-state index in [-0.39, 0.29) is 36.2 Å². The summed E-state index contributed by atoms with van der Waals surface area (Å²) in [6.45, 7) is 0.405. The van der Waals surface area contributed by atoms with Crippen LogP contribution < -0.4 is 16.0 Å². The summed E-state index contributed by atoms with van der Waals surface area (Å²) in [6.07, 6.45) is -0.338. The van der Waals surface area contributed by atoms with E-state index in [1.807, 2.05) is 84.9 Å². The fourth-order valence-electron chi connectivity index (χ4n) is 5.33. The van der Waals surface area contributed by atoms with E-state index in [2.05, 4.69) is 15.0 Å². The summed E-state index contributed by atoms with van der Waals surface area (Å²) in [5.41, 5.74) is 7.48. The van der Waals surface area contributed by atoms with Crippen LogP contribution in [0.4, 0.5) is 5.95 Å². The Balaban J connectivity index is 1.36. The third kappa shape index (κ3) is 4.41. The smallest absolute Gasteiger partial charge is 0.280 e. The van der Waals surface area contributed by atoms with E-state index in [1.54, 1.807) is 7.11 Å². The lowest BCUT2D eigenvalue weighted by Gasteiger charge is -2.37. The van der Waals surface area contributed by atoms with Crippen LogP contribution >= 0.6 is 0 Å². The second-order valence-corrected chi connectivity index (χ2v) is 9.70. The van der Waals surface area contributed by atoms with Gasteiger partial charge in [0, 0.05) is 5.92 Å². The van der Waals surface area contributed by atoms with Crippen molar-refractivity contribution in [3.8, 4) is 5.75 Å². The van der Waals surface area contributed by atoms with Crippen molar-refractivity contribution < 1.29 is 19.3 Å². The lowest BCUT2D eigenvalue weighted by atomic mass is 9.80. The topological polar surface area (TPSA) is 138 Å². The molecule has 1 aliphatic rings. The normalized spacial score (nSPS) is 19.2. The van der Waals surface area contributed by atoms with Gasteiger partial charge in [-0.2, -0.15) is 4.98 Å². The van der Waals surface area contributed by atoms with Gasteiger partial charge in [-0.3, -0.25) is 14.3 Å². The molecular formula is C30H29N5O5. The van der Waals surface area contributed by atoms with E-state index in [9.17, 15) is 9.90 Å². The molecule has 0 saturated carbocycles. The van der Waals surface area contributed by atoms with Crippen molar-refractivity contribution in [3.05, 3.63) is 118 Å². The maximum Gasteiger partial charge on any atom is 0.280 e. The predicted molar refractivity (Wildman–Crippen MR) is 149 cm³/mol. The van der Waals surface area contributed by atoms with Gasteiger partial charge in [0.2, 0.25) is 5.95 Å². The fourth-order valence-corrected chi connectivity index (χ4v) is 5.33. The van der Waals surface area contributed by atoms with Crippen molar-refractivity contribution >= 4 is 17.1 Å². The van der Waals surface area contributed by atoms with Gasteiger partial charge in [-0.25, -0.2) is 4.98 Å². The second-order valence-electron chi connectivity index (χ2n) is 9.70. The third-order valence-electron chi connectivity index (χ3n) is 7.35. The minimum atomic E-state index is -0.975. The third-order valence-corrected chi connectivity index (χ3v) is 7.35. The number of aromatic amines is 1. The molecule has 0 amide bonds. The average Bonchev–Trinajstić information content (AvgIpc) is 3.57. The number of hydrogen-bond acceptors (Lipinski definition) is 8. The van der Waals surface area contributed by atoms with Crippen molar-refractivity contribution in [3.63, 3.8) is 0 Å². The van der Waals surface area contributed by atoms with Gasteiger partial charge in [0.05, 0.1) is 26.7 Å². The fraction of sp³-hybridized carbons (Fsp3) is 0.233. The second kappa shape index (κ2) is 10.6. The number of rotatable bonds is 8. The lowest BCUT2D eigenvalue weighted by Crippen LogP contribution is -2.37. The summed E-state index contributed by atoms with van der Waals surface area (Å²) in [7, 11) is 1.63. The first kappa shape index (κ1) is 25.8. The van der Waals surface area contributed by atoms with E-state index < -0.39 is 23.5 Å². The first-order valence-electron chi connectivity index (χ1n) is 12.9. The molecule has 0 radical (unpaired) electrons. The molecule has 0 unspecified atom stereocenters. The molecule has 40 heavy (non-hydrogen) atoms. The zero-order valence-electron chi connectivity index (χ0n) is 21.8. The summed E-state index contributed by atoms with van der Waals surface area (Å²) in [4.78, 5) is 23.0. The maximum absolute atomic E-state index is 12.2. The molecule has 1 saturated heterocycles. The molecule has 3 aromatic carbocycles. The summed E-state index contributed by atoms with van der Waals surface area (Å²) in [5, 5.41) is 11.4. The number of nitrogens with zero attached hydrogens (tertiary/aromatic N) is 3. The number of aliphatic hydroxyl groups is 1. The summed E-state index contributed by atoms with van der Waals surface area (Å²) in [5.74, 6) is 0.315. The van der Waals surface area contributed by atoms with Gasteiger partial charge in [0.25, 0.3) is 5.56 Å². The van der Waals surface area contributed by atoms with Crippen molar-refractivity contribution in [1.82, 2.24) is 19.5 Å². The van der Waals surface area contributed by atoms with Crippen LogP contribution in [0.15, 0.2) is 96.1 Å². The summed E-state index contributed by atoms with van der Waals surface area (Å²) >= 11 is 0. The Morgan fingerprint density at radius 1 is 1.02 bits per heavy atom. The first-order chi connectivity index (χ1) is 19.5. The molecule has 5 aromatic rings. The molecule has 2 aromatic heterocycles. The van der Waals surface area contributed by atoms with Gasteiger partial charge in [0.15, 0.2) is 17.4 Å². The number of methoxy groups -OCH3 is 1. The maximum atomic E-state index is 12.2. The Morgan fingerprint density at radius 2 is 1.65 bits per heavy atom. The molecule has 0 aliphatic carbocycles. The van der Waals surface area contributed by atoms with Gasteiger partial charge in [-0.15, -0.1) is 0 Å². The molecule has 1 fully saturated rings. The SMILES string of the molecule is COc1ccc(C(OC[C@H]2CO[C@@H](n3cnc4c(=O)[nH]c(N)nc43)[C@@H]2O)(c2ccccc2)c2ccccc2)cc1. The Hall–Kier alpha value is -4.51. The zero-order valence-corrected chi connectivity index (χ0v) is 21.8. The van der Waals surface area contributed by atoms with Crippen molar-refractivity contribution in [2.45, 2.75) is 17.9 Å². The highest BCUT2D eigenvalue weighted by Gasteiger charge is 2.43. The van der Waals surface area contributed by atoms with Gasteiger partial charge in [0.1, 0.15) is 17.5 Å². The van der Waals surface area contributed by atoms with Crippen LogP contribution in [0.3, 0.4) is 0 Å². The molecule has 1 aliphatic heterocycles. The number of nitrogens with one attached hydrogen (secondary N) is 1. The average molecular weight is 540 g/mol. The molecule has 3 heterocycles. The Labute approximate surface area is 230 Å². The van der Waals surface area contributed by atoms with Gasteiger partial charge < -0.3 is 25.1 Å². The molecule has 10 heteroatoms. The number of benzene rings is 3. The highest BCUT2D eigenvalue weighted by Crippen LogP contribution is 2.42. The van der Waals surface area contributed by atoms with Crippen LogP contribution in [0.2, 0.25) is 0 Å². The highest BCUT2D eigenvalue weighted by atomic mass is 16.5.